The Morgan fingerprint density at radius 1 is 1.24 bits per heavy atom. The summed E-state index contributed by atoms with van der Waals surface area (Å²) < 4.78 is 2.19. The molecule has 2 rings (SSSR count). The van der Waals surface area contributed by atoms with Crippen molar-refractivity contribution >= 4 is 5.96 Å². The molecule has 1 aromatic carbocycles. The van der Waals surface area contributed by atoms with Crippen LogP contribution in [0.25, 0.3) is 0 Å². The first-order valence-electron chi connectivity index (χ1n) is 9.17. The second kappa shape index (κ2) is 9.87. The number of aryl methyl sites for hydroxylation is 3. The zero-order valence-electron chi connectivity index (χ0n) is 15.9. The van der Waals surface area contributed by atoms with Crippen LogP contribution in [-0.2, 0) is 13.0 Å². The highest BCUT2D eigenvalue weighted by Gasteiger charge is 2.07. The minimum Gasteiger partial charge on any atom is -0.356 e. The van der Waals surface area contributed by atoms with Crippen LogP contribution < -0.4 is 10.6 Å². The van der Waals surface area contributed by atoms with Crippen molar-refractivity contribution in [1.82, 2.24) is 20.2 Å². The highest BCUT2D eigenvalue weighted by Crippen LogP contribution is 2.13. The van der Waals surface area contributed by atoms with Gasteiger partial charge in [0, 0.05) is 32.5 Å². The lowest BCUT2D eigenvalue weighted by molar-refractivity contribution is 0.585. The smallest absolute Gasteiger partial charge is 0.191 e. The summed E-state index contributed by atoms with van der Waals surface area (Å²) in [5.41, 5.74) is 2.64. The second-order valence-corrected chi connectivity index (χ2v) is 6.34. The van der Waals surface area contributed by atoms with E-state index >= 15 is 0 Å². The van der Waals surface area contributed by atoms with Crippen molar-refractivity contribution < 1.29 is 0 Å². The molecular weight excluding hydrogens is 310 g/mol. The standard InChI is InChI=1S/C20H31N5/c1-5-18-8-10-19(11-9-18)16(2)24-20(21-4)23-12-6-7-14-25-15-13-22-17(25)3/h8-11,13,15-16H,5-7,12,14H2,1-4H3,(H2,21,23,24). The Labute approximate surface area is 151 Å². The number of aromatic nitrogens is 2. The van der Waals surface area contributed by atoms with Crippen LogP contribution >= 0.6 is 0 Å². The van der Waals surface area contributed by atoms with Crippen LogP contribution in [0.5, 0.6) is 0 Å². The minimum atomic E-state index is 0.228. The van der Waals surface area contributed by atoms with Crippen molar-refractivity contribution in [2.45, 2.75) is 52.6 Å². The van der Waals surface area contributed by atoms with Crippen molar-refractivity contribution in [3.63, 3.8) is 0 Å². The molecule has 25 heavy (non-hydrogen) atoms. The molecule has 2 aromatic rings. The molecule has 136 valence electrons. The van der Waals surface area contributed by atoms with Gasteiger partial charge in [0.15, 0.2) is 5.96 Å². The van der Waals surface area contributed by atoms with Crippen LogP contribution in [-0.4, -0.2) is 29.1 Å². The fourth-order valence-electron chi connectivity index (χ4n) is 2.78. The molecule has 0 aliphatic rings. The highest BCUT2D eigenvalue weighted by molar-refractivity contribution is 5.80. The van der Waals surface area contributed by atoms with Gasteiger partial charge in [-0.15, -0.1) is 0 Å². The maximum absolute atomic E-state index is 4.33. The van der Waals surface area contributed by atoms with Gasteiger partial charge in [0.25, 0.3) is 0 Å². The van der Waals surface area contributed by atoms with Crippen LogP contribution in [0.2, 0.25) is 0 Å². The Kier molecular flexibility index (Phi) is 7.51. The maximum atomic E-state index is 4.33. The topological polar surface area (TPSA) is 54.2 Å². The Morgan fingerprint density at radius 3 is 2.60 bits per heavy atom. The molecule has 1 atom stereocenters. The average Bonchev–Trinajstić information content (AvgIpc) is 3.05. The predicted octanol–water partition coefficient (Wildman–Crippen LogP) is 3.46. The number of nitrogens with zero attached hydrogens (tertiary/aromatic N) is 3. The summed E-state index contributed by atoms with van der Waals surface area (Å²) in [5.74, 6) is 1.93. The monoisotopic (exact) mass is 341 g/mol. The molecule has 0 fully saturated rings. The molecule has 0 amide bonds. The third-order valence-corrected chi connectivity index (χ3v) is 4.51. The number of unbranched alkanes of at least 4 members (excludes halogenated alkanes) is 1. The molecule has 0 saturated carbocycles. The van der Waals surface area contributed by atoms with E-state index in [4.69, 9.17) is 0 Å². The van der Waals surface area contributed by atoms with Gasteiger partial charge in [-0.3, -0.25) is 4.99 Å². The zero-order chi connectivity index (χ0) is 18.1. The molecule has 1 unspecified atom stereocenters. The molecule has 2 N–H and O–H groups in total. The largest absolute Gasteiger partial charge is 0.356 e. The van der Waals surface area contributed by atoms with Crippen LogP contribution in [0.1, 0.15) is 49.7 Å². The summed E-state index contributed by atoms with van der Waals surface area (Å²) in [6, 6.07) is 9.00. The lowest BCUT2D eigenvalue weighted by Crippen LogP contribution is -2.39. The first-order valence-corrected chi connectivity index (χ1v) is 9.17. The number of hydrogen-bond acceptors (Lipinski definition) is 2. The van der Waals surface area contributed by atoms with E-state index in [1.807, 2.05) is 26.4 Å². The summed E-state index contributed by atoms with van der Waals surface area (Å²) in [4.78, 5) is 8.58. The number of guanidine groups is 1. The van der Waals surface area contributed by atoms with E-state index in [0.717, 1.165) is 44.1 Å². The van der Waals surface area contributed by atoms with Crippen molar-refractivity contribution in [2.24, 2.45) is 4.99 Å². The number of hydrogen-bond donors (Lipinski definition) is 2. The average molecular weight is 342 g/mol. The number of aliphatic imine (C=N–C) groups is 1. The van der Waals surface area contributed by atoms with Crippen molar-refractivity contribution in [3.05, 3.63) is 53.6 Å². The molecule has 5 heteroatoms. The third kappa shape index (κ3) is 5.93. The Bertz CT molecular complexity index is 657. The molecule has 0 bridgehead atoms. The SMILES string of the molecule is CCc1ccc(C(C)NC(=NC)NCCCCn2ccnc2C)cc1. The number of imidazole rings is 1. The minimum absolute atomic E-state index is 0.228. The normalized spacial score (nSPS) is 12.9. The van der Waals surface area contributed by atoms with Crippen molar-refractivity contribution in [3.8, 4) is 0 Å². The molecule has 5 nitrogen and oxygen atoms in total. The first-order chi connectivity index (χ1) is 12.1. The fraction of sp³-hybridized carbons (Fsp3) is 0.500. The van der Waals surface area contributed by atoms with E-state index in [2.05, 4.69) is 63.3 Å². The van der Waals surface area contributed by atoms with Gasteiger partial charge in [0.1, 0.15) is 5.82 Å². The highest BCUT2D eigenvalue weighted by atomic mass is 15.2. The van der Waals surface area contributed by atoms with E-state index in [1.54, 1.807) is 0 Å². The summed E-state index contributed by atoms with van der Waals surface area (Å²) in [6.45, 7) is 8.30. The molecule has 0 saturated heterocycles. The molecule has 1 heterocycles. The summed E-state index contributed by atoms with van der Waals surface area (Å²) in [5, 5.41) is 6.86. The Morgan fingerprint density at radius 2 is 2.00 bits per heavy atom. The van der Waals surface area contributed by atoms with Crippen molar-refractivity contribution in [2.75, 3.05) is 13.6 Å². The summed E-state index contributed by atoms with van der Waals surface area (Å²) in [6.07, 6.45) is 7.18. The van der Waals surface area contributed by atoms with E-state index in [1.165, 1.54) is 11.1 Å². The fourth-order valence-corrected chi connectivity index (χ4v) is 2.78. The van der Waals surface area contributed by atoms with Crippen LogP contribution in [0.3, 0.4) is 0 Å². The van der Waals surface area contributed by atoms with Gasteiger partial charge in [-0.05, 0) is 44.2 Å². The Hall–Kier alpha value is -2.30. The van der Waals surface area contributed by atoms with Gasteiger partial charge >= 0.3 is 0 Å². The lowest BCUT2D eigenvalue weighted by Gasteiger charge is -2.18. The van der Waals surface area contributed by atoms with Gasteiger partial charge in [0.2, 0.25) is 0 Å². The van der Waals surface area contributed by atoms with E-state index < -0.39 is 0 Å². The third-order valence-electron chi connectivity index (χ3n) is 4.51. The predicted molar refractivity (Wildman–Crippen MR) is 105 cm³/mol. The molecule has 0 aliphatic heterocycles. The lowest BCUT2D eigenvalue weighted by atomic mass is 10.1. The van der Waals surface area contributed by atoms with E-state index in [0.29, 0.717) is 0 Å². The molecule has 0 aliphatic carbocycles. The Balaban J connectivity index is 1.71. The first kappa shape index (κ1) is 19.0. The molecule has 1 aromatic heterocycles. The van der Waals surface area contributed by atoms with Crippen molar-refractivity contribution in [1.29, 1.82) is 0 Å². The summed E-state index contributed by atoms with van der Waals surface area (Å²) in [7, 11) is 1.82. The molecular formula is C20H31N5. The zero-order valence-corrected chi connectivity index (χ0v) is 15.9. The second-order valence-electron chi connectivity index (χ2n) is 6.34. The quantitative estimate of drug-likeness (QED) is 0.439. The van der Waals surface area contributed by atoms with Crippen LogP contribution in [0.4, 0.5) is 0 Å². The van der Waals surface area contributed by atoms with Crippen LogP contribution in [0.15, 0.2) is 41.7 Å². The van der Waals surface area contributed by atoms with Gasteiger partial charge < -0.3 is 15.2 Å². The number of rotatable bonds is 8. The molecule has 0 spiro atoms. The maximum Gasteiger partial charge on any atom is 0.191 e. The molecule has 0 radical (unpaired) electrons. The number of nitrogens with one attached hydrogen (secondary N) is 2. The van der Waals surface area contributed by atoms with Gasteiger partial charge in [-0.2, -0.15) is 0 Å². The number of benzene rings is 1. The summed E-state index contributed by atoms with van der Waals surface area (Å²) >= 11 is 0. The van der Waals surface area contributed by atoms with E-state index in [9.17, 15) is 0 Å². The van der Waals surface area contributed by atoms with E-state index in [-0.39, 0.29) is 6.04 Å². The van der Waals surface area contributed by atoms with Gasteiger partial charge in [-0.25, -0.2) is 4.98 Å². The van der Waals surface area contributed by atoms with Crippen LogP contribution in [0, 0.1) is 6.92 Å². The van der Waals surface area contributed by atoms with Gasteiger partial charge in [-0.1, -0.05) is 31.2 Å². The van der Waals surface area contributed by atoms with Gasteiger partial charge in [0.05, 0.1) is 6.04 Å².